The van der Waals surface area contributed by atoms with Crippen molar-refractivity contribution in [2.24, 2.45) is 5.41 Å². The second-order valence-corrected chi connectivity index (χ2v) is 5.98. The molecule has 1 aliphatic heterocycles. The van der Waals surface area contributed by atoms with Crippen LogP contribution in [-0.4, -0.2) is 5.97 Å². The lowest BCUT2D eigenvalue weighted by molar-refractivity contribution is -0.142. The van der Waals surface area contributed by atoms with Crippen LogP contribution in [0.4, 0.5) is 0 Å². The summed E-state index contributed by atoms with van der Waals surface area (Å²) in [7, 11) is 0. The summed E-state index contributed by atoms with van der Waals surface area (Å²) < 4.78 is 5.59. The number of hydrogen-bond acceptors (Lipinski definition) is 2. The minimum atomic E-state index is -0.454. The maximum Gasteiger partial charge on any atom is 0.317 e. The number of ether oxygens (including phenoxy) is 1. The molecule has 0 aliphatic carbocycles. The number of cyclic esters (lactones) is 1. The second kappa shape index (κ2) is 5.21. The van der Waals surface area contributed by atoms with Crippen molar-refractivity contribution < 1.29 is 9.53 Å². The number of esters is 1. The van der Waals surface area contributed by atoms with Crippen LogP contribution in [0.25, 0.3) is 5.57 Å². The summed E-state index contributed by atoms with van der Waals surface area (Å²) in [6.07, 6.45) is 0.630. The van der Waals surface area contributed by atoms with Gasteiger partial charge in [0.2, 0.25) is 0 Å². The first-order valence-electron chi connectivity index (χ1n) is 7.14. The SMILES string of the molecule is CC1(C)CC(=C(c2ccccc2)c2ccccc2)OC1=O. The molecule has 0 spiro atoms. The Bertz CT molecular complexity index is 641. The molecule has 1 fully saturated rings. The third kappa shape index (κ3) is 2.62. The van der Waals surface area contributed by atoms with Gasteiger partial charge in [-0.05, 0) is 25.0 Å². The number of hydrogen-bond donors (Lipinski definition) is 0. The fourth-order valence-electron chi connectivity index (χ4n) is 2.60. The Morgan fingerprint density at radius 3 is 1.76 bits per heavy atom. The first-order valence-corrected chi connectivity index (χ1v) is 7.14. The quantitative estimate of drug-likeness (QED) is 0.760. The van der Waals surface area contributed by atoms with Crippen molar-refractivity contribution in [3.05, 3.63) is 77.5 Å². The summed E-state index contributed by atoms with van der Waals surface area (Å²) in [6.45, 7) is 3.85. The van der Waals surface area contributed by atoms with Crippen molar-refractivity contribution in [2.45, 2.75) is 20.3 Å². The van der Waals surface area contributed by atoms with Gasteiger partial charge in [-0.2, -0.15) is 0 Å². The molecule has 0 amide bonds. The molecule has 2 nitrogen and oxygen atoms in total. The molecule has 0 saturated carbocycles. The van der Waals surface area contributed by atoms with E-state index in [1.54, 1.807) is 0 Å². The standard InChI is InChI=1S/C19H18O2/c1-19(2)13-16(21-18(19)20)17(14-9-5-3-6-10-14)15-11-7-4-8-12-15/h3-12H,13H2,1-2H3. The van der Waals surface area contributed by atoms with Gasteiger partial charge in [-0.1, -0.05) is 60.7 Å². The highest BCUT2D eigenvalue weighted by atomic mass is 16.5. The molecule has 2 aromatic carbocycles. The molecular weight excluding hydrogens is 260 g/mol. The normalized spacial score (nSPS) is 16.7. The van der Waals surface area contributed by atoms with E-state index in [1.165, 1.54) is 0 Å². The van der Waals surface area contributed by atoms with Crippen molar-refractivity contribution in [1.29, 1.82) is 0 Å². The van der Waals surface area contributed by atoms with Crippen LogP contribution in [-0.2, 0) is 9.53 Å². The van der Waals surface area contributed by atoms with Gasteiger partial charge in [0.05, 0.1) is 5.41 Å². The van der Waals surface area contributed by atoms with E-state index in [1.807, 2.05) is 50.2 Å². The van der Waals surface area contributed by atoms with Crippen LogP contribution in [0.15, 0.2) is 66.4 Å². The summed E-state index contributed by atoms with van der Waals surface area (Å²) in [5.41, 5.74) is 2.70. The molecule has 3 rings (SSSR count). The van der Waals surface area contributed by atoms with Gasteiger partial charge in [0.25, 0.3) is 0 Å². The molecule has 0 atom stereocenters. The Morgan fingerprint density at radius 2 is 1.38 bits per heavy atom. The van der Waals surface area contributed by atoms with E-state index in [0.29, 0.717) is 6.42 Å². The summed E-state index contributed by atoms with van der Waals surface area (Å²) in [6, 6.07) is 20.2. The average molecular weight is 278 g/mol. The van der Waals surface area contributed by atoms with Crippen molar-refractivity contribution in [2.75, 3.05) is 0 Å². The van der Waals surface area contributed by atoms with Crippen molar-refractivity contribution >= 4 is 11.5 Å². The number of allylic oxidation sites excluding steroid dienone is 1. The van der Waals surface area contributed by atoms with Gasteiger partial charge in [-0.25, -0.2) is 0 Å². The number of benzene rings is 2. The molecule has 2 aromatic rings. The van der Waals surface area contributed by atoms with E-state index in [9.17, 15) is 4.79 Å². The minimum Gasteiger partial charge on any atom is -0.430 e. The highest BCUT2D eigenvalue weighted by molar-refractivity contribution is 5.88. The van der Waals surface area contributed by atoms with E-state index in [0.717, 1.165) is 22.5 Å². The highest BCUT2D eigenvalue weighted by Crippen LogP contribution is 2.41. The van der Waals surface area contributed by atoms with Gasteiger partial charge < -0.3 is 4.74 Å². The van der Waals surface area contributed by atoms with Crippen LogP contribution in [0.1, 0.15) is 31.4 Å². The maximum absolute atomic E-state index is 12.0. The lowest BCUT2D eigenvalue weighted by Crippen LogP contribution is -2.16. The summed E-state index contributed by atoms with van der Waals surface area (Å²) in [5, 5.41) is 0. The van der Waals surface area contributed by atoms with E-state index in [2.05, 4.69) is 24.3 Å². The highest BCUT2D eigenvalue weighted by Gasteiger charge is 2.40. The molecule has 0 bridgehead atoms. The lowest BCUT2D eigenvalue weighted by Gasteiger charge is -2.12. The van der Waals surface area contributed by atoms with E-state index < -0.39 is 5.41 Å². The van der Waals surface area contributed by atoms with Crippen molar-refractivity contribution in [3.8, 4) is 0 Å². The zero-order valence-corrected chi connectivity index (χ0v) is 12.3. The molecule has 21 heavy (non-hydrogen) atoms. The molecule has 1 aliphatic rings. The molecule has 0 unspecified atom stereocenters. The smallest absolute Gasteiger partial charge is 0.317 e. The monoisotopic (exact) mass is 278 g/mol. The van der Waals surface area contributed by atoms with Crippen molar-refractivity contribution in [1.82, 2.24) is 0 Å². The molecule has 2 heteroatoms. The third-order valence-corrected chi connectivity index (χ3v) is 3.77. The summed E-state index contributed by atoms with van der Waals surface area (Å²) in [5.74, 6) is 0.615. The lowest BCUT2D eigenvalue weighted by atomic mass is 9.88. The fraction of sp³-hybridized carbons (Fsp3) is 0.211. The van der Waals surface area contributed by atoms with Crippen LogP contribution in [0.3, 0.4) is 0 Å². The Kier molecular flexibility index (Phi) is 3.38. The number of carbonyl (C=O) groups excluding carboxylic acids is 1. The van der Waals surface area contributed by atoms with E-state index in [-0.39, 0.29) is 5.97 Å². The first-order chi connectivity index (χ1) is 10.1. The first kappa shape index (κ1) is 13.6. The Morgan fingerprint density at radius 1 is 0.905 bits per heavy atom. The van der Waals surface area contributed by atoms with Crippen LogP contribution in [0, 0.1) is 5.41 Å². The van der Waals surface area contributed by atoms with Crippen LogP contribution >= 0.6 is 0 Å². The fourth-order valence-corrected chi connectivity index (χ4v) is 2.60. The van der Waals surface area contributed by atoms with Gasteiger partial charge in [0.15, 0.2) is 0 Å². The van der Waals surface area contributed by atoms with Crippen molar-refractivity contribution in [3.63, 3.8) is 0 Å². The van der Waals surface area contributed by atoms with Crippen LogP contribution < -0.4 is 0 Å². The van der Waals surface area contributed by atoms with Gasteiger partial charge in [0, 0.05) is 12.0 Å². The second-order valence-electron chi connectivity index (χ2n) is 5.98. The molecule has 0 radical (unpaired) electrons. The van der Waals surface area contributed by atoms with Crippen LogP contribution in [0.2, 0.25) is 0 Å². The molecular formula is C19H18O2. The Balaban J connectivity index is 2.17. The Labute approximate surface area is 125 Å². The molecule has 1 heterocycles. The number of carbonyl (C=O) groups is 1. The predicted molar refractivity (Wildman–Crippen MR) is 83.4 cm³/mol. The summed E-state index contributed by atoms with van der Waals surface area (Å²) in [4.78, 5) is 12.0. The molecule has 1 saturated heterocycles. The van der Waals surface area contributed by atoms with Crippen LogP contribution in [0.5, 0.6) is 0 Å². The van der Waals surface area contributed by atoms with Gasteiger partial charge in [0.1, 0.15) is 5.76 Å². The average Bonchev–Trinajstić information content (AvgIpc) is 2.75. The zero-order chi connectivity index (χ0) is 14.9. The third-order valence-electron chi connectivity index (χ3n) is 3.77. The minimum absolute atomic E-state index is 0.151. The zero-order valence-electron chi connectivity index (χ0n) is 12.3. The van der Waals surface area contributed by atoms with E-state index in [4.69, 9.17) is 4.74 Å². The largest absolute Gasteiger partial charge is 0.430 e. The molecule has 0 aromatic heterocycles. The molecule has 106 valence electrons. The molecule has 0 N–H and O–H groups in total. The van der Waals surface area contributed by atoms with E-state index >= 15 is 0 Å². The Hall–Kier alpha value is -2.35. The predicted octanol–water partition coefficient (Wildman–Crippen LogP) is 4.42. The maximum atomic E-state index is 12.0. The topological polar surface area (TPSA) is 26.3 Å². The van der Waals surface area contributed by atoms with Gasteiger partial charge >= 0.3 is 5.97 Å². The van der Waals surface area contributed by atoms with Gasteiger partial charge in [-0.15, -0.1) is 0 Å². The summed E-state index contributed by atoms with van der Waals surface area (Å²) >= 11 is 0. The number of rotatable bonds is 2. The van der Waals surface area contributed by atoms with Gasteiger partial charge in [-0.3, -0.25) is 4.79 Å².